The minimum absolute atomic E-state index is 0.331. The summed E-state index contributed by atoms with van der Waals surface area (Å²) >= 11 is 0. The third-order valence-corrected chi connectivity index (χ3v) is 11.8. The van der Waals surface area contributed by atoms with E-state index in [1.165, 1.54) is 60.1 Å². The molecule has 6 atom stereocenters. The second kappa shape index (κ2) is 12.2. The Balaban J connectivity index is 1.42. The molecule has 0 amide bonds. The first-order valence-corrected chi connectivity index (χ1v) is 16.9. The largest absolute Gasteiger partial charge is 0.508 e. The number of hydrogen-bond acceptors (Lipinski definition) is 4. The van der Waals surface area contributed by atoms with Crippen molar-refractivity contribution in [1.82, 2.24) is 5.32 Å². The van der Waals surface area contributed by atoms with Crippen LogP contribution in [-0.4, -0.2) is 22.7 Å². The highest BCUT2D eigenvalue weighted by atomic mass is 33.1. The fourth-order valence-electron chi connectivity index (χ4n) is 7.24. The Morgan fingerprint density at radius 2 is 1.68 bits per heavy atom. The summed E-state index contributed by atoms with van der Waals surface area (Å²) in [6, 6.07) is 15.6. The average Bonchev–Trinajstić information content (AvgIpc) is 2.85. The Labute approximate surface area is 232 Å². The molecule has 0 aromatic heterocycles. The van der Waals surface area contributed by atoms with Crippen LogP contribution < -0.4 is 5.32 Å². The summed E-state index contributed by atoms with van der Waals surface area (Å²) in [7, 11) is 4.16. The zero-order valence-corrected chi connectivity index (χ0v) is 24.6. The first kappa shape index (κ1) is 27.2. The molecule has 2 aromatic rings. The topological polar surface area (TPSA) is 32.3 Å². The van der Waals surface area contributed by atoms with Gasteiger partial charge in [0.2, 0.25) is 0 Å². The molecule has 1 fully saturated rings. The number of nitrogens with one attached hydrogen (secondary N) is 1. The number of fused-ring (bicyclic) bond motifs is 5. The van der Waals surface area contributed by atoms with E-state index in [1.807, 2.05) is 12.1 Å². The zero-order valence-electron chi connectivity index (χ0n) is 22.9. The van der Waals surface area contributed by atoms with Gasteiger partial charge in [0.1, 0.15) is 5.75 Å². The highest BCUT2D eigenvalue weighted by molar-refractivity contribution is 8.76. The van der Waals surface area contributed by atoms with Gasteiger partial charge in [0, 0.05) is 24.1 Å². The number of benzene rings is 2. The van der Waals surface area contributed by atoms with Gasteiger partial charge in [-0.25, -0.2) is 0 Å². The van der Waals surface area contributed by atoms with Crippen LogP contribution in [0.2, 0.25) is 0 Å². The van der Waals surface area contributed by atoms with Crippen molar-refractivity contribution in [2.45, 2.75) is 78.3 Å². The van der Waals surface area contributed by atoms with E-state index in [0.717, 1.165) is 42.9 Å². The van der Waals surface area contributed by atoms with Gasteiger partial charge in [0.25, 0.3) is 0 Å². The molecule has 6 unspecified atom stereocenters. The van der Waals surface area contributed by atoms with Gasteiger partial charge in [0.05, 0.1) is 0 Å². The summed E-state index contributed by atoms with van der Waals surface area (Å²) in [6.45, 7) is 8.18. The number of phenols is 1. The lowest BCUT2D eigenvalue weighted by molar-refractivity contribution is 0.0932. The van der Waals surface area contributed by atoms with Crippen molar-refractivity contribution >= 4 is 21.6 Å². The van der Waals surface area contributed by atoms with Crippen LogP contribution in [0.25, 0.3) is 0 Å². The molecule has 1 heterocycles. The molecule has 200 valence electrons. The molecule has 2 aliphatic carbocycles. The van der Waals surface area contributed by atoms with Crippen LogP contribution in [0.4, 0.5) is 0 Å². The second-order valence-corrected chi connectivity index (χ2v) is 15.1. The summed E-state index contributed by atoms with van der Waals surface area (Å²) in [5, 5.41) is 14.5. The van der Waals surface area contributed by atoms with Crippen LogP contribution in [0.5, 0.6) is 5.75 Å². The van der Waals surface area contributed by atoms with Gasteiger partial charge in [-0.2, -0.15) is 0 Å². The number of allylic oxidation sites excluding steroid dienone is 2. The normalized spacial score (nSPS) is 33.3. The van der Waals surface area contributed by atoms with E-state index in [4.69, 9.17) is 0 Å². The molecule has 2 aromatic carbocycles. The van der Waals surface area contributed by atoms with Crippen molar-refractivity contribution in [3.05, 3.63) is 76.9 Å². The molecule has 2 N–H and O–H groups in total. The average molecular weight is 536 g/mol. The molecule has 1 saturated carbocycles. The van der Waals surface area contributed by atoms with Crippen LogP contribution in [0.1, 0.15) is 75.1 Å². The third kappa shape index (κ3) is 7.19. The molecule has 4 bridgehead atoms. The summed E-state index contributed by atoms with van der Waals surface area (Å²) in [6.07, 6.45) is 13.6. The third-order valence-electron chi connectivity index (χ3n) is 9.08. The predicted molar refractivity (Wildman–Crippen MR) is 162 cm³/mol. The van der Waals surface area contributed by atoms with Crippen LogP contribution in [0, 0.1) is 29.1 Å². The lowest BCUT2D eigenvalue weighted by atomic mass is 9.60. The first-order valence-electron chi connectivity index (χ1n) is 14.4. The molecule has 5 rings (SSSR count). The monoisotopic (exact) mass is 535 g/mol. The minimum atomic E-state index is 0.331. The number of hydrogen-bond donors (Lipinski definition) is 2. The van der Waals surface area contributed by atoms with E-state index < -0.39 is 0 Å². The molecule has 0 saturated heterocycles. The van der Waals surface area contributed by atoms with E-state index in [9.17, 15) is 5.11 Å². The lowest BCUT2D eigenvalue weighted by Crippen LogP contribution is -2.37. The van der Waals surface area contributed by atoms with Gasteiger partial charge in [-0.3, -0.25) is 0 Å². The maximum atomic E-state index is 10.7. The molecule has 1 aliphatic heterocycles. The van der Waals surface area contributed by atoms with Gasteiger partial charge in [-0.1, -0.05) is 77.9 Å². The van der Waals surface area contributed by atoms with E-state index in [2.05, 4.69) is 90.2 Å². The van der Waals surface area contributed by atoms with E-state index in [1.54, 1.807) is 0 Å². The van der Waals surface area contributed by atoms with Gasteiger partial charge >= 0.3 is 0 Å². The summed E-state index contributed by atoms with van der Waals surface area (Å²) < 4.78 is 0. The second-order valence-electron chi connectivity index (χ2n) is 12.6. The first-order chi connectivity index (χ1) is 17.9. The standard InChI is InChI=1S/C33H45NOS2/c1-23-7-6-10-33(3,19-23)31-15-25-11-26-12-27(18-32(35)17-26)14-29-8-4-5-9-30(29)20-34-24(2)21-36-37-22-28(13-25)16-31/h4-6,8-10,12,17-18,23-25,28,31,34-35H,7,11,13-16,19-22H2,1-3H3. The number of rotatable bonds is 1. The summed E-state index contributed by atoms with van der Waals surface area (Å²) in [5.74, 6) is 5.83. The van der Waals surface area contributed by atoms with Gasteiger partial charge in [-0.05, 0) is 115 Å². The number of phenolic OH excluding ortho intramolecular Hbond substituents is 1. The minimum Gasteiger partial charge on any atom is -0.508 e. The zero-order chi connectivity index (χ0) is 25.8. The Morgan fingerprint density at radius 3 is 2.51 bits per heavy atom. The summed E-state index contributed by atoms with van der Waals surface area (Å²) in [4.78, 5) is 0. The lowest BCUT2D eigenvalue weighted by Gasteiger charge is -2.46. The van der Waals surface area contributed by atoms with Crippen LogP contribution in [-0.2, 0) is 19.4 Å². The van der Waals surface area contributed by atoms with Gasteiger partial charge < -0.3 is 10.4 Å². The maximum absolute atomic E-state index is 10.7. The Kier molecular flexibility index (Phi) is 8.99. The van der Waals surface area contributed by atoms with Crippen molar-refractivity contribution in [1.29, 1.82) is 0 Å². The molecule has 37 heavy (non-hydrogen) atoms. The van der Waals surface area contributed by atoms with Gasteiger partial charge in [-0.15, -0.1) is 0 Å². The van der Waals surface area contributed by atoms with E-state index in [0.29, 0.717) is 23.1 Å². The van der Waals surface area contributed by atoms with Crippen LogP contribution in [0.3, 0.4) is 0 Å². The quantitative estimate of drug-likeness (QED) is 0.283. The molecule has 4 heteroatoms. The SMILES string of the molecule is CC1CC=CC(C)(C2CC3CSSCC(C)NCc4ccccc4Cc4cc(O)cc(c4)CC(C3)C2)C1. The molecule has 0 radical (unpaired) electrons. The van der Waals surface area contributed by atoms with Gasteiger partial charge in [0.15, 0.2) is 0 Å². The highest BCUT2D eigenvalue weighted by Gasteiger charge is 2.40. The summed E-state index contributed by atoms with van der Waals surface area (Å²) in [5.41, 5.74) is 5.59. The maximum Gasteiger partial charge on any atom is 0.116 e. The van der Waals surface area contributed by atoms with Crippen molar-refractivity contribution in [2.75, 3.05) is 11.5 Å². The van der Waals surface area contributed by atoms with Crippen molar-refractivity contribution in [2.24, 2.45) is 29.1 Å². The smallest absolute Gasteiger partial charge is 0.116 e. The molecule has 0 spiro atoms. The van der Waals surface area contributed by atoms with E-state index >= 15 is 0 Å². The van der Waals surface area contributed by atoms with Crippen molar-refractivity contribution in [3.63, 3.8) is 0 Å². The Morgan fingerprint density at radius 1 is 0.919 bits per heavy atom. The van der Waals surface area contributed by atoms with Crippen molar-refractivity contribution < 1.29 is 5.11 Å². The molecular weight excluding hydrogens is 491 g/mol. The molecule has 3 aliphatic rings. The fourth-order valence-corrected chi connectivity index (χ4v) is 9.98. The van der Waals surface area contributed by atoms with Crippen LogP contribution >= 0.6 is 21.6 Å². The highest BCUT2D eigenvalue weighted by Crippen LogP contribution is 2.50. The Bertz CT molecular complexity index is 1080. The van der Waals surface area contributed by atoms with Crippen molar-refractivity contribution in [3.8, 4) is 5.75 Å². The molecule has 2 nitrogen and oxygen atoms in total. The van der Waals surface area contributed by atoms with Crippen LogP contribution in [0.15, 0.2) is 54.6 Å². The fraction of sp³-hybridized carbons (Fsp3) is 0.576. The number of aromatic hydroxyl groups is 1. The molecular formula is C33H45NOS2. The predicted octanol–water partition coefficient (Wildman–Crippen LogP) is 8.42. The van der Waals surface area contributed by atoms with E-state index in [-0.39, 0.29) is 0 Å². The Hall–Kier alpha value is -1.36.